The molecule has 1 fully saturated rings. The quantitative estimate of drug-likeness (QED) is 0.483. The number of nitrogens with one attached hydrogen (secondary N) is 1. The fourth-order valence-electron chi connectivity index (χ4n) is 4.19. The molecule has 0 spiro atoms. The Kier molecular flexibility index (Phi) is 4.04. The first-order valence-corrected chi connectivity index (χ1v) is 9.72. The molecule has 2 aromatic carbocycles. The first-order valence-electron chi connectivity index (χ1n) is 9.72. The number of pyridine rings is 1. The molecule has 27 heavy (non-hydrogen) atoms. The molecule has 1 saturated carbocycles. The number of rotatable bonds is 3. The lowest BCUT2D eigenvalue weighted by atomic mass is 9.95. The summed E-state index contributed by atoms with van der Waals surface area (Å²) in [7, 11) is 0. The number of anilines is 1. The average Bonchev–Trinajstić information content (AvgIpc) is 3.08. The summed E-state index contributed by atoms with van der Waals surface area (Å²) in [5.74, 6) is 0.657. The van der Waals surface area contributed by atoms with E-state index in [9.17, 15) is 4.39 Å². The lowest BCUT2D eigenvalue weighted by molar-refractivity contribution is 0.461. The predicted molar refractivity (Wildman–Crippen MR) is 109 cm³/mol. The second-order valence-corrected chi connectivity index (χ2v) is 7.36. The molecule has 4 heteroatoms. The molecule has 0 atom stereocenters. The van der Waals surface area contributed by atoms with Gasteiger partial charge in [-0.05, 0) is 36.4 Å². The van der Waals surface area contributed by atoms with Crippen molar-refractivity contribution in [2.75, 3.05) is 5.32 Å². The highest BCUT2D eigenvalue weighted by Crippen LogP contribution is 2.34. The first-order chi connectivity index (χ1) is 13.3. The molecular formula is C23H22FN3. The number of aromatic nitrogens is 2. The second kappa shape index (κ2) is 6.69. The average molecular weight is 359 g/mol. The standard InChI is InChI=1S/C23H22FN3/c24-20-13-7-6-12-19(20)21-23(25-17-9-2-1-3-10-17)27-15-14-16-8-4-5-11-18(16)22(27)26-21/h4-8,11-15,17,25H,1-3,9-10H2. The Balaban J connectivity index is 1.74. The minimum atomic E-state index is -0.239. The van der Waals surface area contributed by atoms with Gasteiger partial charge in [0.15, 0.2) is 0 Å². The molecule has 3 nitrogen and oxygen atoms in total. The lowest BCUT2D eigenvalue weighted by Gasteiger charge is -2.24. The van der Waals surface area contributed by atoms with Gasteiger partial charge in [-0.15, -0.1) is 0 Å². The van der Waals surface area contributed by atoms with Crippen LogP contribution < -0.4 is 5.32 Å². The number of hydrogen-bond acceptors (Lipinski definition) is 2. The number of benzene rings is 2. The van der Waals surface area contributed by atoms with Crippen molar-refractivity contribution in [1.82, 2.24) is 9.38 Å². The van der Waals surface area contributed by atoms with Crippen molar-refractivity contribution >= 4 is 22.2 Å². The predicted octanol–water partition coefficient (Wildman–Crippen LogP) is 6.04. The third-order valence-corrected chi connectivity index (χ3v) is 5.59. The molecule has 1 aliphatic rings. The normalized spacial score (nSPS) is 15.4. The Bertz CT molecular complexity index is 1110. The molecule has 0 unspecified atom stereocenters. The van der Waals surface area contributed by atoms with Gasteiger partial charge in [0.05, 0.1) is 0 Å². The summed E-state index contributed by atoms with van der Waals surface area (Å²) in [5.41, 5.74) is 2.10. The zero-order valence-electron chi connectivity index (χ0n) is 15.2. The fourth-order valence-corrected chi connectivity index (χ4v) is 4.19. The highest BCUT2D eigenvalue weighted by Gasteiger charge is 2.21. The van der Waals surface area contributed by atoms with Gasteiger partial charge in [0.2, 0.25) is 0 Å². The Hall–Kier alpha value is -2.88. The zero-order chi connectivity index (χ0) is 18.2. The van der Waals surface area contributed by atoms with E-state index in [0.717, 1.165) is 35.1 Å². The Labute approximate surface area is 157 Å². The van der Waals surface area contributed by atoms with Gasteiger partial charge in [0.1, 0.15) is 23.0 Å². The van der Waals surface area contributed by atoms with Crippen LogP contribution in [0.5, 0.6) is 0 Å². The molecule has 0 saturated heterocycles. The van der Waals surface area contributed by atoms with Crippen molar-refractivity contribution in [2.45, 2.75) is 38.1 Å². The van der Waals surface area contributed by atoms with Crippen molar-refractivity contribution < 1.29 is 4.39 Å². The van der Waals surface area contributed by atoms with Gasteiger partial charge in [-0.1, -0.05) is 55.7 Å². The van der Waals surface area contributed by atoms with E-state index >= 15 is 0 Å². The van der Waals surface area contributed by atoms with E-state index in [1.54, 1.807) is 6.07 Å². The number of fused-ring (bicyclic) bond motifs is 3. The monoisotopic (exact) mass is 359 g/mol. The van der Waals surface area contributed by atoms with E-state index in [2.05, 4.69) is 27.9 Å². The molecule has 0 bridgehead atoms. The molecule has 1 aliphatic carbocycles. The summed E-state index contributed by atoms with van der Waals surface area (Å²) >= 11 is 0. The lowest BCUT2D eigenvalue weighted by Crippen LogP contribution is -2.23. The Morgan fingerprint density at radius 1 is 0.926 bits per heavy atom. The van der Waals surface area contributed by atoms with Crippen molar-refractivity contribution in [3.05, 3.63) is 66.6 Å². The van der Waals surface area contributed by atoms with Crippen LogP contribution in [-0.4, -0.2) is 15.4 Å². The van der Waals surface area contributed by atoms with Crippen molar-refractivity contribution in [1.29, 1.82) is 0 Å². The summed E-state index contributed by atoms with van der Waals surface area (Å²) in [4.78, 5) is 4.90. The van der Waals surface area contributed by atoms with E-state index in [4.69, 9.17) is 4.98 Å². The summed E-state index contributed by atoms with van der Waals surface area (Å²) in [5, 5.41) is 5.91. The highest BCUT2D eigenvalue weighted by molar-refractivity contribution is 5.96. The molecule has 4 aromatic rings. The van der Waals surface area contributed by atoms with E-state index in [1.807, 2.05) is 30.5 Å². The summed E-state index contributed by atoms with van der Waals surface area (Å²) in [6, 6.07) is 17.6. The third-order valence-electron chi connectivity index (χ3n) is 5.59. The van der Waals surface area contributed by atoms with Crippen LogP contribution >= 0.6 is 0 Å². The molecule has 1 N–H and O–H groups in total. The zero-order valence-corrected chi connectivity index (χ0v) is 15.2. The molecule has 136 valence electrons. The topological polar surface area (TPSA) is 29.3 Å². The van der Waals surface area contributed by atoms with Gasteiger partial charge < -0.3 is 5.32 Å². The highest BCUT2D eigenvalue weighted by atomic mass is 19.1. The van der Waals surface area contributed by atoms with Crippen LogP contribution in [0.15, 0.2) is 60.8 Å². The largest absolute Gasteiger partial charge is 0.367 e. The van der Waals surface area contributed by atoms with Crippen LogP contribution in [-0.2, 0) is 0 Å². The minimum Gasteiger partial charge on any atom is -0.367 e. The van der Waals surface area contributed by atoms with Gasteiger partial charge in [-0.2, -0.15) is 0 Å². The smallest absolute Gasteiger partial charge is 0.147 e. The molecule has 5 rings (SSSR count). The second-order valence-electron chi connectivity index (χ2n) is 7.36. The fraction of sp³-hybridized carbons (Fsp3) is 0.261. The number of nitrogens with zero attached hydrogens (tertiary/aromatic N) is 2. The van der Waals surface area contributed by atoms with Gasteiger partial charge in [-0.25, -0.2) is 9.37 Å². The van der Waals surface area contributed by atoms with Crippen LogP contribution in [0.25, 0.3) is 27.7 Å². The summed E-state index contributed by atoms with van der Waals surface area (Å²) < 4.78 is 16.7. The first kappa shape index (κ1) is 16.3. The third kappa shape index (κ3) is 2.85. The van der Waals surface area contributed by atoms with E-state index in [1.165, 1.54) is 25.3 Å². The number of halogens is 1. The molecule has 0 radical (unpaired) electrons. The van der Waals surface area contributed by atoms with Crippen molar-refractivity contribution in [3.63, 3.8) is 0 Å². The minimum absolute atomic E-state index is 0.239. The van der Waals surface area contributed by atoms with Crippen LogP contribution in [0, 0.1) is 5.82 Å². The van der Waals surface area contributed by atoms with E-state index in [0.29, 0.717) is 17.3 Å². The number of hydrogen-bond donors (Lipinski definition) is 1. The van der Waals surface area contributed by atoms with Crippen LogP contribution in [0.1, 0.15) is 32.1 Å². The van der Waals surface area contributed by atoms with Crippen LogP contribution in [0.3, 0.4) is 0 Å². The van der Waals surface area contributed by atoms with Crippen molar-refractivity contribution in [3.8, 4) is 11.3 Å². The maximum Gasteiger partial charge on any atom is 0.147 e. The molecule has 0 amide bonds. The van der Waals surface area contributed by atoms with Gasteiger partial charge >= 0.3 is 0 Å². The van der Waals surface area contributed by atoms with Crippen LogP contribution in [0.2, 0.25) is 0 Å². The summed E-state index contributed by atoms with van der Waals surface area (Å²) in [6.45, 7) is 0. The summed E-state index contributed by atoms with van der Waals surface area (Å²) in [6.07, 6.45) is 8.13. The maximum absolute atomic E-state index is 14.6. The molecule has 2 heterocycles. The van der Waals surface area contributed by atoms with E-state index < -0.39 is 0 Å². The van der Waals surface area contributed by atoms with Gasteiger partial charge in [0.25, 0.3) is 0 Å². The van der Waals surface area contributed by atoms with Gasteiger partial charge in [-0.3, -0.25) is 4.40 Å². The Morgan fingerprint density at radius 2 is 1.70 bits per heavy atom. The molecule has 0 aliphatic heterocycles. The maximum atomic E-state index is 14.6. The SMILES string of the molecule is Fc1ccccc1-c1nc2c3ccccc3ccn2c1NC1CCCCC1. The van der Waals surface area contributed by atoms with Crippen molar-refractivity contribution in [2.24, 2.45) is 0 Å². The molecule has 2 aromatic heterocycles. The Morgan fingerprint density at radius 3 is 2.56 bits per heavy atom. The van der Waals surface area contributed by atoms with Gasteiger partial charge in [0, 0.05) is 23.2 Å². The molecular weight excluding hydrogens is 337 g/mol. The van der Waals surface area contributed by atoms with Crippen LogP contribution in [0.4, 0.5) is 10.2 Å². The van der Waals surface area contributed by atoms with E-state index in [-0.39, 0.29) is 5.82 Å². The number of imidazole rings is 1.